The molecule has 3 heterocycles. The van der Waals surface area contributed by atoms with Crippen LogP contribution in [-0.4, -0.2) is 56.2 Å². The first kappa shape index (κ1) is 21.5. The summed E-state index contributed by atoms with van der Waals surface area (Å²) in [6.07, 6.45) is 9.08. The van der Waals surface area contributed by atoms with Crippen LogP contribution in [0.2, 0.25) is 0 Å². The molecule has 1 saturated heterocycles. The van der Waals surface area contributed by atoms with E-state index < -0.39 is 16.0 Å². The molecule has 4 rings (SSSR count). The Kier molecular flexibility index (Phi) is 6.31. The summed E-state index contributed by atoms with van der Waals surface area (Å²) in [7, 11) is -2.47. The maximum Gasteiger partial charge on any atom is 0.340 e. The third-order valence-electron chi connectivity index (χ3n) is 6.17. The zero-order chi connectivity index (χ0) is 21.3. The van der Waals surface area contributed by atoms with Crippen LogP contribution in [0, 0.1) is 0 Å². The molecule has 7 nitrogen and oxygen atoms in total. The molecule has 0 saturated carbocycles. The standard InChI is InChI=1S/C21H28N2O5S2/c1-28-20(25)19-16-9-12-22(18(24)13-15-7-3-2-4-8-15)14-17(16)29-21(19)30(26,27)23-10-5-6-11-23/h7H,2-6,8-14H2,1H3. The minimum atomic E-state index is -3.74. The fourth-order valence-electron chi connectivity index (χ4n) is 4.50. The van der Waals surface area contributed by atoms with Crippen LogP contribution in [0.4, 0.5) is 0 Å². The highest BCUT2D eigenvalue weighted by Gasteiger charge is 2.38. The highest BCUT2D eigenvalue weighted by molar-refractivity contribution is 7.91. The third-order valence-corrected chi connectivity index (χ3v) is 9.78. The Balaban J connectivity index is 1.61. The van der Waals surface area contributed by atoms with Crippen LogP contribution < -0.4 is 0 Å². The molecule has 0 bridgehead atoms. The lowest BCUT2D eigenvalue weighted by molar-refractivity contribution is -0.131. The number of hydrogen-bond donors (Lipinski definition) is 0. The molecule has 1 aromatic heterocycles. The zero-order valence-electron chi connectivity index (χ0n) is 17.3. The van der Waals surface area contributed by atoms with Crippen molar-refractivity contribution in [2.45, 2.75) is 62.1 Å². The molecule has 30 heavy (non-hydrogen) atoms. The van der Waals surface area contributed by atoms with Gasteiger partial charge in [-0.1, -0.05) is 11.6 Å². The van der Waals surface area contributed by atoms with Crippen molar-refractivity contribution in [2.24, 2.45) is 0 Å². The summed E-state index contributed by atoms with van der Waals surface area (Å²) in [6, 6.07) is 0. The van der Waals surface area contributed by atoms with Crippen molar-refractivity contribution in [3.63, 3.8) is 0 Å². The predicted octanol–water partition coefficient (Wildman–Crippen LogP) is 3.09. The lowest BCUT2D eigenvalue weighted by atomic mass is 9.96. The van der Waals surface area contributed by atoms with E-state index in [0.717, 1.165) is 53.9 Å². The van der Waals surface area contributed by atoms with Crippen molar-refractivity contribution < 1.29 is 22.7 Å². The van der Waals surface area contributed by atoms with Crippen LogP contribution >= 0.6 is 11.3 Å². The number of ether oxygens (including phenoxy) is 1. The van der Waals surface area contributed by atoms with Gasteiger partial charge in [-0.25, -0.2) is 13.2 Å². The van der Waals surface area contributed by atoms with E-state index in [1.807, 2.05) is 0 Å². The van der Waals surface area contributed by atoms with Crippen LogP contribution in [0.15, 0.2) is 15.9 Å². The number of esters is 1. The number of allylic oxidation sites excluding steroid dienone is 1. The predicted molar refractivity (Wildman–Crippen MR) is 114 cm³/mol. The molecular formula is C21H28N2O5S2. The van der Waals surface area contributed by atoms with E-state index in [9.17, 15) is 18.0 Å². The van der Waals surface area contributed by atoms with Gasteiger partial charge >= 0.3 is 5.97 Å². The maximum atomic E-state index is 13.2. The molecule has 0 atom stereocenters. The molecular weight excluding hydrogens is 424 g/mol. The lowest BCUT2D eigenvalue weighted by Crippen LogP contribution is -2.36. The molecule has 0 N–H and O–H groups in total. The number of fused-ring (bicyclic) bond motifs is 1. The Hall–Kier alpha value is -1.71. The lowest BCUT2D eigenvalue weighted by Gasteiger charge is -2.28. The summed E-state index contributed by atoms with van der Waals surface area (Å²) in [4.78, 5) is 27.9. The molecule has 0 radical (unpaired) electrons. The van der Waals surface area contributed by atoms with Gasteiger partial charge in [-0.3, -0.25) is 4.79 Å². The van der Waals surface area contributed by atoms with Gasteiger partial charge in [-0.2, -0.15) is 4.31 Å². The number of carbonyl (C=O) groups excluding carboxylic acids is 2. The summed E-state index contributed by atoms with van der Waals surface area (Å²) >= 11 is 1.13. The Morgan fingerprint density at radius 1 is 1.10 bits per heavy atom. The van der Waals surface area contributed by atoms with Crippen molar-refractivity contribution in [3.05, 3.63) is 27.7 Å². The first-order chi connectivity index (χ1) is 14.4. The Bertz CT molecular complexity index is 974. The number of carbonyl (C=O) groups is 2. The van der Waals surface area contributed by atoms with Gasteiger partial charge in [0.05, 0.1) is 19.2 Å². The number of nitrogens with zero attached hydrogens (tertiary/aromatic N) is 2. The van der Waals surface area contributed by atoms with Crippen molar-refractivity contribution in [3.8, 4) is 0 Å². The number of rotatable bonds is 5. The smallest absolute Gasteiger partial charge is 0.340 e. The molecule has 164 valence electrons. The summed E-state index contributed by atoms with van der Waals surface area (Å²) in [5.74, 6) is -0.539. The molecule has 0 spiro atoms. The highest BCUT2D eigenvalue weighted by Crippen LogP contribution is 2.39. The number of hydrogen-bond acceptors (Lipinski definition) is 6. The van der Waals surface area contributed by atoms with E-state index in [4.69, 9.17) is 4.74 Å². The molecule has 2 aliphatic heterocycles. The van der Waals surface area contributed by atoms with Gasteiger partial charge in [0.2, 0.25) is 5.91 Å². The summed E-state index contributed by atoms with van der Waals surface area (Å²) < 4.78 is 32.9. The number of amides is 1. The average Bonchev–Trinajstić information content (AvgIpc) is 3.42. The SMILES string of the molecule is COC(=O)c1c(S(=O)(=O)N2CCCC2)sc2c1CCN(C(=O)CC1=CCCCC1)C2. The Morgan fingerprint density at radius 2 is 1.87 bits per heavy atom. The van der Waals surface area contributed by atoms with Gasteiger partial charge in [0.15, 0.2) is 0 Å². The summed E-state index contributed by atoms with van der Waals surface area (Å²) in [6.45, 7) is 1.80. The van der Waals surface area contributed by atoms with Crippen molar-refractivity contribution >= 4 is 33.2 Å². The molecule has 0 aromatic carbocycles. The fraction of sp³-hybridized carbons (Fsp3) is 0.619. The second kappa shape index (κ2) is 8.80. The second-order valence-electron chi connectivity index (χ2n) is 8.12. The van der Waals surface area contributed by atoms with Crippen LogP contribution in [-0.2, 0) is 32.5 Å². The van der Waals surface area contributed by atoms with Crippen LogP contribution in [0.3, 0.4) is 0 Å². The average molecular weight is 453 g/mol. The van der Waals surface area contributed by atoms with E-state index >= 15 is 0 Å². The third kappa shape index (κ3) is 4.07. The largest absolute Gasteiger partial charge is 0.465 e. The zero-order valence-corrected chi connectivity index (χ0v) is 18.9. The first-order valence-electron chi connectivity index (χ1n) is 10.6. The van der Waals surface area contributed by atoms with Crippen molar-refractivity contribution in [1.29, 1.82) is 0 Å². The molecule has 1 amide bonds. The molecule has 3 aliphatic rings. The van der Waals surface area contributed by atoms with Gasteiger partial charge in [-0.05, 0) is 50.5 Å². The van der Waals surface area contributed by atoms with Crippen LogP contribution in [0.1, 0.15) is 65.7 Å². The van der Waals surface area contributed by atoms with E-state index in [0.29, 0.717) is 39.0 Å². The summed E-state index contributed by atoms with van der Waals surface area (Å²) in [5, 5.41) is 0. The second-order valence-corrected chi connectivity index (χ2v) is 11.4. The van der Waals surface area contributed by atoms with Gasteiger partial charge in [-0.15, -0.1) is 11.3 Å². The Morgan fingerprint density at radius 3 is 2.53 bits per heavy atom. The van der Waals surface area contributed by atoms with Gasteiger partial charge in [0.1, 0.15) is 4.21 Å². The molecule has 0 unspecified atom stereocenters. The van der Waals surface area contributed by atoms with Gasteiger partial charge in [0.25, 0.3) is 10.0 Å². The molecule has 1 aliphatic carbocycles. The normalized spacial score (nSPS) is 20.0. The number of methoxy groups -OCH3 is 1. The minimum Gasteiger partial charge on any atom is -0.465 e. The first-order valence-corrected chi connectivity index (χ1v) is 12.9. The maximum absolute atomic E-state index is 13.2. The Labute approximate surface area is 181 Å². The van der Waals surface area contributed by atoms with Gasteiger partial charge in [0, 0.05) is 30.9 Å². The highest BCUT2D eigenvalue weighted by atomic mass is 32.2. The van der Waals surface area contributed by atoms with E-state index in [2.05, 4.69) is 6.08 Å². The van der Waals surface area contributed by atoms with Crippen molar-refractivity contribution in [1.82, 2.24) is 9.21 Å². The van der Waals surface area contributed by atoms with E-state index in [1.54, 1.807) is 4.90 Å². The van der Waals surface area contributed by atoms with E-state index in [1.165, 1.54) is 23.4 Å². The van der Waals surface area contributed by atoms with Crippen LogP contribution in [0.5, 0.6) is 0 Å². The number of sulfonamides is 1. The summed E-state index contributed by atoms with van der Waals surface area (Å²) in [5.41, 5.74) is 2.10. The minimum absolute atomic E-state index is 0.0746. The molecule has 1 fully saturated rings. The molecule has 9 heteroatoms. The quantitative estimate of drug-likeness (QED) is 0.506. The van der Waals surface area contributed by atoms with Crippen molar-refractivity contribution in [2.75, 3.05) is 26.7 Å². The van der Waals surface area contributed by atoms with E-state index in [-0.39, 0.29) is 15.7 Å². The number of thiophene rings is 1. The topological polar surface area (TPSA) is 84.0 Å². The van der Waals surface area contributed by atoms with Gasteiger partial charge < -0.3 is 9.64 Å². The van der Waals surface area contributed by atoms with Crippen LogP contribution in [0.25, 0.3) is 0 Å². The fourth-order valence-corrected chi connectivity index (χ4v) is 8.06. The molecule has 1 aromatic rings. The monoisotopic (exact) mass is 452 g/mol.